The molecule has 0 aliphatic heterocycles. The third-order valence-corrected chi connectivity index (χ3v) is 7.04. The van der Waals surface area contributed by atoms with Crippen molar-refractivity contribution < 1.29 is 9.47 Å². The van der Waals surface area contributed by atoms with Crippen LogP contribution in [0.25, 0.3) is 39.4 Å². The Morgan fingerprint density at radius 3 is 2.53 bits per heavy atom. The Hall–Kier alpha value is -4.21. The predicted octanol–water partition coefficient (Wildman–Crippen LogP) is 4.39. The van der Waals surface area contributed by atoms with E-state index in [9.17, 15) is 0 Å². The zero-order chi connectivity index (χ0) is 26.1. The van der Waals surface area contributed by atoms with Crippen LogP contribution in [-0.2, 0) is 11.8 Å². The van der Waals surface area contributed by atoms with E-state index in [4.69, 9.17) is 25.3 Å². The molecular weight excluding hydrogens is 478 g/mol. The summed E-state index contributed by atoms with van der Waals surface area (Å²) >= 11 is 0. The number of fused-ring (bicyclic) bond motifs is 1. The van der Waals surface area contributed by atoms with Gasteiger partial charge in [-0.15, -0.1) is 5.10 Å². The Balaban J connectivity index is 1.54. The molecule has 2 aromatic carbocycles. The second kappa shape index (κ2) is 10.3. The summed E-state index contributed by atoms with van der Waals surface area (Å²) in [6, 6.07) is 18.8. The largest absolute Gasteiger partial charge is 0.492 e. The normalized spacial score (nSPS) is 16.9. The zero-order valence-electron chi connectivity index (χ0n) is 21.5. The van der Waals surface area contributed by atoms with Crippen LogP contribution in [0.4, 0.5) is 5.82 Å². The molecule has 0 radical (unpaired) electrons. The van der Waals surface area contributed by atoms with Crippen LogP contribution in [-0.4, -0.2) is 56.6 Å². The summed E-state index contributed by atoms with van der Waals surface area (Å²) in [5, 5.41) is 8.62. The summed E-state index contributed by atoms with van der Waals surface area (Å²) in [5.74, 6) is 2.84. The molecule has 6 rings (SSSR count). The number of nitrogens with two attached hydrogens (primary N) is 1. The molecule has 38 heavy (non-hydrogen) atoms. The van der Waals surface area contributed by atoms with Crippen LogP contribution in [0.3, 0.4) is 0 Å². The van der Waals surface area contributed by atoms with Gasteiger partial charge >= 0.3 is 0 Å². The van der Waals surface area contributed by atoms with Crippen LogP contribution >= 0.6 is 0 Å². The van der Waals surface area contributed by atoms with Gasteiger partial charge in [0, 0.05) is 56.5 Å². The Morgan fingerprint density at radius 2 is 1.84 bits per heavy atom. The van der Waals surface area contributed by atoms with Crippen LogP contribution in [0.5, 0.6) is 5.75 Å². The molecule has 0 atom stereocenters. The number of hydrogen-bond acceptors (Lipinski definition) is 7. The number of anilines is 1. The van der Waals surface area contributed by atoms with E-state index < -0.39 is 0 Å². The van der Waals surface area contributed by atoms with E-state index in [0.717, 1.165) is 52.2 Å². The minimum Gasteiger partial charge on any atom is -0.492 e. The van der Waals surface area contributed by atoms with Crippen molar-refractivity contribution in [1.29, 1.82) is 0 Å². The second-order valence-electron chi connectivity index (χ2n) is 9.55. The van der Waals surface area contributed by atoms with Crippen molar-refractivity contribution in [2.75, 3.05) is 25.6 Å². The fourth-order valence-corrected chi connectivity index (χ4v) is 4.95. The number of rotatable bonds is 9. The van der Waals surface area contributed by atoms with Crippen molar-refractivity contribution in [2.45, 2.75) is 25.0 Å². The molecule has 0 saturated heterocycles. The number of hydrogen-bond donors (Lipinski definition) is 2. The van der Waals surface area contributed by atoms with E-state index in [1.807, 2.05) is 40.5 Å². The molecule has 0 unspecified atom stereocenters. The molecule has 5 aromatic rings. The Labute approximate surface area is 221 Å². The van der Waals surface area contributed by atoms with Crippen molar-refractivity contribution in [3.05, 3.63) is 73.2 Å². The molecule has 0 bridgehead atoms. The lowest BCUT2D eigenvalue weighted by molar-refractivity contribution is 0.0328. The van der Waals surface area contributed by atoms with E-state index in [1.54, 1.807) is 13.3 Å². The van der Waals surface area contributed by atoms with Gasteiger partial charge < -0.3 is 25.1 Å². The molecule has 0 amide bonds. The molecule has 3 aromatic heterocycles. The number of aromatic nitrogens is 5. The van der Waals surface area contributed by atoms with Gasteiger partial charge in [-0.05, 0) is 36.1 Å². The van der Waals surface area contributed by atoms with Gasteiger partial charge in [-0.25, -0.2) is 14.5 Å². The van der Waals surface area contributed by atoms with Gasteiger partial charge in [0.15, 0.2) is 11.6 Å². The van der Waals surface area contributed by atoms with Gasteiger partial charge in [0.2, 0.25) is 5.82 Å². The van der Waals surface area contributed by atoms with Crippen LogP contribution in [0.15, 0.2) is 73.2 Å². The van der Waals surface area contributed by atoms with Crippen LogP contribution in [0, 0.1) is 0 Å². The SMILES string of the molecule is COC1CC(Nc2nc(-c3nccn3C)nn3cc(-c4ccc(OCCN)cc4)c(-c4ccccc4)c23)C1. The lowest BCUT2D eigenvalue weighted by atomic mass is 9.89. The zero-order valence-corrected chi connectivity index (χ0v) is 21.5. The molecular formula is C29H31N7O2. The number of benzene rings is 2. The highest BCUT2D eigenvalue weighted by molar-refractivity contribution is 5.99. The summed E-state index contributed by atoms with van der Waals surface area (Å²) in [7, 11) is 3.71. The number of ether oxygens (including phenoxy) is 2. The van der Waals surface area contributed by atoms with Crippen molar-refractivity contribution in [1.82, 2.24) is 24.1 Å². The summed E-state index contributed by atoms with van der Waals surface area (Å²) in [5.41, 5.74) is 10.8. The first-order chi connectivity index (χ1) is 18.6. The van der Waals surface area contributed by atoms with Crippen LogP contribution in [0.2, 0.25) is 0 Å². The summed E-state index contributed by atoms with van der Waals surface area (Å²) in [6.07, 6.45) is 7.87. The third-order valence-electron chi connectivity index (χ3n) is 7.04. The average Bonchev–Trinajstić information content (AvgIpc) is 3.53. The number of nitrogens with one attached hydrogen (secondary N) is 1. The Bertz CT molecular complexity index is 1540. The van der Waals surface area contributed by atoms with E-state index in [1.165, 1.54) is 0 Å². The first kappa shape index (κ1) is 24.1. The standard InChI is InChI=1S/C29H31N7O2/c1-35-14-13-31-29(35)28-33-27(32-21-16-23(17-21)37-2)26-25(20-6-4-3-5-7-20)24(18-36(26)34-28)19-8-10-22(11-9-19)38-15-12-30/h3-11,13-14,18,21,23H,12,15-17,30H2,1-2H3,(H,32,33,34). The van der Waals surface area contributed by atoms with Crippen molar-refractivity contribution in [3.8, 4) is 39.7 Å². The fraction of sp³-hybridized carbons (Fsp3) is 0.276. The number of methoxy groups -OCH3 is 1. The maximum atomic E-state index is 5.71. The third kappa shape index (κ3) is 4.51. The van der Waals surface area contributed by atoms with E-state index in [0.29, 0.717) is 24.8 Å². The van der Waals surface area contributed by atoms with Gasteiger partial charge in [-0.2, -0.15) is 0 Å². The minimum atomic E-state index is 0.272. The lowest BCUT2D eigenvalue weighted by Gasteiger charge is -2.35. The van der Waals surface area contributed by atoms with Gasteiger partial charge in [0.25, 0.3) is 0 Å². The van der Waals surface area contributed by atoms with Crippen molar-refractivity contribution in [3.63, 3.8) is 0 Å². The number of imidazole rings is 1. The molecule has 9 nitrogen and oxygen atoms in total. The molecule has 9 heteroatoms. The molecule has 3 heterocycles. The second-order valence-corrected chi connectivity index (χ2v) is 9.55. The molecule has 1 aliphatic carbocycles. The van der Waals surface area contributed by atoms with Crippen LogP contribution < -0.4 is 15.8 Å². The first-order valence-corrected chi connectivity index (χ1v) is 12.8. The van der Waals surface area contributed by atoms with Gasteiger partial charge in [0.1, 0.15) is 17.9 Å². The first-order valence-electron chi connectivity index (χ1n) is 12.8. The molecule has 1 fully saturated rings. The number of aryl methyl sites for hydroxylation is 1. The lowest BCUT2D eigenvalue weighted by Crippen LogP contribution is -2.40. The van der Waals surface area contributed by atoms with Gasteiger partial charge in [-0.1, -0.05) is 42.5 Å². The van der Waals surface area contributed by atoms with Gasteiger partial charge in [-0.3, -0.25) is 0 Å². The molecule has 1 aliphatic rings. The molecule has 3 N–H and O–H groups in total. The topological polar surface area (TPSA) is 105 Å². The fourth-order valence-electron chi connectivity index (χ4n) is 4.95. The molecule has 0 spiro atoms. The monoisotopic (exact) mass is 509 g/mol. The Morgan fingerprint density at radius 1 is 1.05 bits per heavy atom. The quantitative estimate of drug-likeness (QED) is 0.304. The van der Waals surface area contributed by atoms with Crippen molar-refractivity contribution in [2.24, 2.45) is 12.8 Å². The maximum absolute atomic E-state index is 5.71. The summed E-state index contributed by atoms with van der Waals surface area (Å²) in [6.45, 7) is 0.958. The van der Waals surface area contributed by atoms with Crippen LogP contribution in [0.1, 0.15) is 12.8 Å². The summed E-state index contributed by atoms with van der Waals surface area (Å²) in [4.78, 5) is 9.53. The average molecular weight is 510 g/mol. The molecule has 194 valence electrons. The number of nitrogens with zero attached hydrogens (tertiary/aromatic N) is 5. The van der Waals surface area contributed by atoms with Gasteiger partial charge in [0.05, 0.1) is 6.10 Å². The predicted molar refractivity (Wildman–Crippen MR) is 148 cm³/mol. The van der Waals surface area contributed by atoms with E-state index >= 15 is 0 Å². The van der Waals surface area contributed by atoms with Crippen molar-refractivity contribution >= 4 is 11.3 Å². The Kier molecular flexibility index (Phi) is 6.53. The minimum absolute atomic E-state index is 0.272. The highest BCUT2D eigenvalue weighted by atomic mass is 16.5. The van der Waals surface area contributed by atoms with E-state index in [-0.39, 0.29) is 12.1 Å². The smallest absolute Gasteiger partial charge is 0.218 e. The van der Waals surface area contributed by atoms with E-state index in [2.05, 4.69) is 52.9 Å². The highest BCUT2D eigenvalue weighted by Gasteiger charge is 2.31. The highest BCUT2D eigenvalue weighted by Crippen LogP contribution is 2.41. The molecule has 1 saturated carbocycles. The maximum Gasteiger partial charge on any atom is 0.218 e. The summed E-state index contributed by atoms with van der Waals surface area (Å²) < 4.78 is 15.1.